The van der Waals surface area contributed by atoms with Crippen molar-refractivity contribution < 1.29 is 9.53 Å². The van der Waals surface area contributed by atoms with Gasteiger partial charge in [-0.05, 0) is 25.0 Å². The van der Waals surface area contributed by atoms with Crippen LogP contribution in [0.15, 0.2) is 24.3 Å². The second-order valence-electron chi connectivity index (χ2n) is 5.00. The van der Waals surface area contributed by atoms with E-state index in [9.17, 15) is 4.79 Å². The summed E-state index contributed by atoms with van der Waals surface area (Å²) in [5, 5.41) is 0. The summed E-state index contributed by atoms with van der Waals surface area (Å²) in [6.45, 7) is 4.03. The molecule has 0 aliphatic heterocycles. The molecule has 0 saturated carbocycles. The molecule has 0 fully saturated rings. The number of nitrogens with two attached hydrogens (primary N) is 1. The van der Waals surface area contributed by atoms with Crippen LogP contribution in [0.2, 0.25) is 0 Å². The molecule has 0 spiro atoms. The molecule has 0 heterocycles. The Bertz CT molecular complexity index is 399. The summed E-state index contributed by atoms with van der Waals surface area (Å²) in [6.07, 6.45) is 0.333. The van der Waals surface area contributed by atoms with Gasteiger partial charge < -0.3 is 10.5 Å². The number of ether oxygens (including phenoxy) is 1. The van der Waals surface area contributed by atoms with E-state index in [-0.39, 0.29) is 11.5 Å². The van der Waals surface area contributed by atoms with E-state index < -0.39 is 0 Å². The smallest absolute Gasteiger partial charge is 0.309 e. The fourth-order valence-corrected chi connectivity index (χ4v) is 2.65. The molecule has 0 aliphatic carbocycles. The first-order valence-electron chi connectivity index (χ1n) is 5.92. The summed E-state index contributed by atoms with van der Waals surface area (Å²) in [5.74, 6) is 1.56. The van der Waals surface area contributed by atoms with Gasteiger partial charge in [0.2, 0.25) is 0 Å². The summed E-state index contributed by atoms with van der Waals surface area (Å²) in [5.41, 5.74) is 7.99. The van der Waals surface area contributed by atoms with Crippen LogP contribution in [-0.2, 0) is 21.7 Å². The topological polar surface area (TPSA) is 52.3 Å². The molecule has 0 saturated heterocycles. The third-order valence-electron chi connectivity index (χ3n) is 2.41. The first-order chi connectivity index (χ1) is 8.42. The van der Waals surface area contributed by atoms with Crippen LogP contribution < -0.4 is 5.73 Å². The van der Waals surface area contributed by atoms with Gasteiger partial charge in [0.1, 0.15) is 0 Å². The Morgan fingerprint density at radius 3 is 2.50 bits per heavy atom. The van der Waals surface area contributed by atoms with Gasteiger partial charge in [0.25, 0.3) is 0 Å². The molecule has 4 heteroatoms. The van der Waals surface area contributed by atoms with Crippen molar-refractivity contribution in [3.05, 3.63) is 35.4 Å². The lowest BCUT2D eigenvalue weighted by molar-refractivity contribution is -0.139. The van der Waals surface area contributed by atoms with E-state index in [4.69, 9.17) is 10.5 Å². The van der Waals surface area contributed by atoms with Crippen molar-refractivity contribution in [1.29, 1.82) is 0 Å². The molecule has 1 aromatic rings. The van der Waals surface area contributed by atoms with Gasteiger partial charge in [-0.25, -0.2) is 0 Å². The fraction of sp³-hybridized carbons (Fsp3) is 0.500. The summed E-state index contributed by atoms with van der Waals surface area (Å²) in [6, 6.07) is 7.96. The number of carbonyl (C=O) groups excluding carboxylic acids is 1. The van der Waals surface area contributed by atoms with Crippen molar-refractivity contribution >= 4 is 17.7 Å². The number of thioether (sulfide) groups is 1. The van der Waals surface area contributed by atoms with Gasteiger partial charge in [0.15, 0.2) is 0 Å². The highest BCUT2D eigenvalue weighted by molar-refractivity contribution is 7.98. The number of benzene rings is 1. The lowest BCUT2D eigenvalue weighted by atomic mass is 10.1. The van der Waals surface area contributed by atoms with Crippen molar-refractivity contribution in [3.63, 3.8) is 0 Å². The van der Waals surface area contributed by atoms with Gasteiger partial charge in [-0.3, -0.25) is 4.79 Å². The monoisotopic (exact) mass is 267 g/mol. The quantitative estimate of drug-likeness (QED) is 0.804. The lowest BCUT2D eigenvalue weighted by Gasteiger charge is -2.18. The Morgan fingerprint density at radius 1 is 1.33 bits per heavy atom. The highest BCUT2D eigenvalue weighted by atomic mass is 32.2. The van der Waals surface area contributed by atoms with Crippen molar-refractivity contribution in [2.45, 2.75) is 31.6 Å². The third kappa shape index (κ3) is 5.56. The molecule has 0 atom stereocenters. The Labute approximate surface area is 113 Å². The standard InChI is InChI=1S/C14H21NO2S/c1-14(2,15)10-18-9-12-7-5-4-6-11(12)8-13(16)17-3/h4-7H,8-10,15H2,1-3H3. The van der Waals surface area contributed by atoms with Gasteiger partial charge in [-0.15, -0.1) is 0 Å². The maximum absolute atomic E-state index is 11.3. The van der Waals surface area contributed by atoms with E-state index in [2.05, 4.69) is 6.07 Å². The van der Waals surface area contributed by atoms with Crippen LogP contribution in [0.1, 0.15) is 25.0 Å². The summed E-state index contributed by atoms with van der Waals surface area (Å²) in [4.78, 5) is 11.3. The molecule has 0 aliphatic rings. The van der Waals surface area contributed by atoms with E-state index in [0.29, 0.717) is 6.42 Å². The van der Waals surface area contributed by atoms with Gasteiger partial charge in [0.05, 0.1) is 13.5 Å². The molecule has 0 radical (unpaired) electrons. The minimum atomic E-state index is -0.202. The predicted octanol–water partition coefficient (Wildman–Crippen LogP) is 2.37. The zero-order valence-corrected chi connectivity index (χ0v) is 12.0. The fourth-order valence-electron chi connectivity index (χ4n) is 1.52. The Balaban J connectivity index is 2.62. The molecule has 3 nitrogen and oxygen atoms in total. The number of hydrogen-bond donors (Lipinski definition) is 1. The highest BCUT2D eigenvalue weighted by Crippen LogP contribution is 2.20. The normalized spacial score (nSPS) is 11.3. The maximum Gasteiger partial charge on any atom is 0.309 e. The van der Waals surface area contributed by atoms with Crippen LogP contribution >= 0.6 is 11.8 Å². The van der Waals surface area contributed by atoms with Crippen molar-refractivity contribution in [2.24, 2.45) is 5.73 Å². The number of methoxy groups -OCH3 is 1. The Hall–Kier alpha value is -1.00. The van der Waals surface area contributed by atoms with Crippen molar-refractivity contribution in [2.75, 3.05) is 12.9 Å². The average Bonchev–Trinajstić information content (AvgIpc) is 2.29. The zero-order chi connectivity index (χ0) is 13.6. The first kappa shape index (κ1) is 15.1. The number of carbonyl (C=O) groups is 1. The first-order valence-corrected chi connectivity index (χ1v) is 7.08. The molecule has 18 heavy (non-hydrogen) atoms. The van der Waals surface area contributed by atoms with Crippen LogP contribution in [0, 0.1) is 0 Å². The lowest BCUT2D eigenvalue weighted by Crippen LogP contribution is -2.34. The molecule has 2 N–H and O–H groups in total. The number of esters is 1. The highest BCUT2D eigenvalue weighted by Gasteiger charge is 2.12. The molecule has 1 aromatic carbocycles. The van der Waals surface area contributed by atoms with Gasteiger partial charge in [-0.2, -0.15) is 11.8 Å². The van der Waals surface area contributed by atoms with Crippen LogP contribution in [0.3, 0.4) is 0 Å². The molecular weight excluding hydrogens is 246 g/mol. The summed E-state index contributed by atoms with van der Waals surface area (Å²) >= 11 is 1.79. The molecule has 0 aromatic heterocycles. The van der Waals surface area contributed by atoms with Gasteiger partial charge in [0, 0.05) is 17.0 Å². The minimum Gasteiger partial charge on any atom is -0.469 e. The summed E-state index contributed by atoms with van der Waals surface area (Å²) < 4.78 is 4.70. The molecule has 1 rings (SSSR count). The van der Waals surface area contributed by atoms with Crippen molar-refractivity contribution in [1.82, 2.24) is 0 Å². The van der Waals surface area contributed by atoms with Crippen molar-refractivity contribution in [3.8, 4) is 0 Å². The SMILES string of the molecule is COC(=O)Cc1ccccc1CSCC(C)(C)N. The largest absolute Gasteiger partial charge is 0.469 e. The third-order valence-corrected chi connectivity index (χ3v) is 3.88. The Morgan fingerprint density at radius 2 is 1.94 bits per heavy atom. The second-order valence-corrected chi connectivity index (χ2v) is 5.99. The molecule has 0 unspecified atom stereocenters. The van der Waals surface area contributed by atoms with Gasteiger partial charge >= 0.3 is 5.97 Å². The minimum absolute atomic E-state index is 0.165. The maximum atomic E-state index is 11.3. The average molecular weight is 267 g/mol. The molecule has 100 valence electrons. The van der Waals surface area contributed by atoms with E-state index in [1.807, 2.05) is 32.0 Å². The van der Waals surface area contributed by atoms with Crippen LogP contribution in [0.25, 0.3) is 0 Å². The molecule has 0 bridgehead atoms. The second kappa shape index (κ2) is 6.81. The van der Waals surface area contributed by atoms with E-state index in [1.54, 1.807) is 11.8 Å². The zero-order valence-electron chi connectivity index (χ0n) is 11.2. The van der Waals surface area contributed by atoms with Crippen LogP contribution in [0.4, 0.5) is 0 Å². The van der Waals surface area contributed by atoms with Gasteiger partial charge in [-0.1, -0.05) is 24.3 Å². The van der Waals surface area contributed by atoms with E-state index in [1.165, 1.54) is 12.7 Å². The molecule has 0 amide bonds. The Kier molecular flexibility index (Phi) is 5.69. The summed E-state index contributed by atoms with van der Waals surface area (Å²) in [7, 11) is 1.41. The van der Waals surface area contributed by atoms with E-state index >= 15 is 0 Å². The predicted molar refractivity (Wildman–Crippen MR) is 76.6 cm³/mol. The van der Waals surface area contributed by atoms with Crippen LogP contribution in [0.5, 0.6) is 0 Å². The molecular formula is C14H21NO2S. The number of rotatable bonds is 6. The van der Waals surface area contributed by atoms with Crippen LogP contribution in [-0.4, -0.2) is 24.4 Å². The van der Waals surface area contributed by atoms with E-state index in [0.717, 1.165) is 17.1 Å². The number of hydrogen-bond acceptors (Lipinski definition) is 4.